The van der Waals surface area contributed by atoms with E-state index in [0.717, 1.165) is 12.1 Å². The number of rotatable bonds is 3. The Kier molecular flexibility index (Phi) is 3.33. The summed E-state index contributed by atoms with van der Waals surface area (Å²) < 4.78 is 0. The van der Waals surface area contributed by atoms with Crippen LogP contribution in [0.3, 0.4) is 0 Å². The van der Waals surface area contributed by atoms with Gasteiger partial charge in [0.1, 0.15) is 0 Å². The Labute approximate surface area is 72.6 Å². The predicted octanol–water partition coefficient (Wildman–Crippen LogP) is 2.23. The number of amides is 1. The topological polar surface area (TPSA) is 29.1 Å². The van der Waals surface area contributed by atoms with Gasteiger partial charge in [0.25, 0.3) is 0 Å². The van der Waals surface area contributed by atoms with E-state index in [0.29, 0.717) is 6.42 Å². The number of para-hydroxylation sites is 1. The van der Waals surface area contributed by atoms with Gasteiger partial charge in [-0.3, -0.25) is 4.79 Å². The Morgan fingerprint density at radius 2 is 2.42 bits per heavy atom. The van der Waals surface area contributed by atoms with Gasteiger partial charge in [0.15, 0.2) is 0 Å². The van der Waals surface area contributed by atoms with Crippen LogP contribution in [0.5, 0.6) is 0 Å². The van der Waals surface area contributed by atoms with Gasteiger partial charge in [-0.25, -0.2) is 0 Å². The first-order valence-corrected chi connectivity index (χ1v) is 4.09. The summed E-state index contributed by atoms with van der Waals surface area (Å²) >= 11 is 0. The number of carbonyl (C=O) groups excluding carboxylic acids is 1. The summed E-state index contributed by atoms with van der Waals surface area (Å²) in [6.07, 6.45) is 1.45. The van der Waals surface area contributed by atoms with E-state index in [9.17, 15) is 4.79 Å². The number of anilines is 1. The second-order valence-electron chi connectivity index (χ2n) is 2.57. The fourth-order valence-corrected chi connectivity index (χ4v) is 0.911. The summed E-state index contributed by atoms with van der Waals surface area (Å²) in [5.41, 5.74) is 0.746. The molecule has 1 radical (unpaired) electrons. The molecule has 1 aromatic rings. The molecule has 0 aromatic heterocycles. The molecule has 2 heteroatoms. The first kappa shape index (κ1) is 8.78. The fraction of sp³-hybridized carbons (Fsp3) is 0.300. The van der Waals surface area contributed by atoms with E-state index in [1.54, 1.807) is 6.07 Å². The summed E-state index contributed by atoms with van der Waals surface area (Å²) in [6, 6.07) is 10.3. The number of carbonyl (C=O) groups is 1. The molecule has 0 saturated heterocycles. The van der Waals surface area contributed by atoms with Crippen LogP contribution in [0, 0.1) is 6.07 Å². The molecule has 1 amide bonds. The summed E-state index contributed by atoms with van der Waals surface area (Å²) in [7, 11) is 0. The standard InChI is InChI=1S/C10H12NO/c1-2-6-10(12)11-9-7-4-3-5-8-9/h3-5,7H,2,6H2,1H3,(H,11,12). The van der Waals surface area contributed by atoms with Crippen molar-refractivity contribution in [3.05, 3.63) is 30.3 Å². The van der Waals surface area contributed by atoms with Crippen molar-refractivity contribution in [2.75, 3.05) is 5.32 Å². The van der Waals surface area contributed by atoms with Crippen molar-refractivity contribution in [1.29, 1.82) is 0 Å². The molecule has 1 aromatic carbocycles. The molecule has 1 N–H and O–H groups in total. The minimum atomic E-state index is 0.0555. The van der Waals surface area contributed by atoms with Crippen LogP contribution >= 0.6 is 0 Å². The molecule has 0 atom stereocenters. The monoisotopic (exact) mass is 162 g/mol. The zero-order valence-electron chi connectivity index (χ0n) is 7.13. The zero-order chi connectivity index (χ0) is 8.81. The Bertz CT molecular complexity index is 243. The Hall–Kier alpha value is -1.31. The first-order chi connectivity index (χ1) is 5.83. The lowest BCUT2D eigenvalue weighted by Gasteiger charge is -2.01. The molecule has 0 spiro atoms. The molecule has 0 heterocycles. The van der Waals surface area contributed by atoms with Gasteiger partial charge in [-0.15, -0.1) is 0 Å². The Balaban J connectivity index is 2.47. The Morgan fingerprint density at radius 3 is 3.00 bits per heavy atom. The van der Waals surface area contributed by atoms with Crippen LogP contribution in [0.25, 0.3) is 0 Å². The molecular formula is C10H12NO. The van der Waals surface area contributed by atoms with Crippen molar-refractivity contribution < 1.29 is 4.79 Å². The van der Waals surface area contributed by atoms with Crippen molar-refractivity contribution in [2.24, 2.45) is 0 Å². The molecule has 0 saturated carbocycles. The maximum absolute atomic E-state index is 11.1. The fourth-order valence-electron chi connectivity index (χ4n) is 0.911. The van der Waals surface area contributed by atoms with E-state index in [1.165, 1.54) is 0 Å². The second kappa shape index (κ2) is 4.54. The first-order valence-electron chi connectivity index (χ1n) is 4.09. The van der Waals surface area contributed by atoms with Crippen LogP contribution < -0.4 is 5.32 Å². The summed E-state index contributed by atoms with van der Waals surface area (Å²) in [4.78, 5) is 11.1. The van der Waals surface area contributed by atoms with Gasteiger partial charge in [0.05, 0.1) is 0 Å². The highest BCUT2D eigenvalue weighted by atomic mass is 16.1. The largest absolute Gasteiger partial charge is 0.326 e. The van der Waals surface area contributed by atoms with Crippen molar-refractivity contribution in [3.63, 3.8) is 0 Å². The highest BCUT2D eigenvalue weighted by Crippen LogP contribution is 2.04. The highest BCUT2D eigenvalue weighted by molar-refractivity contribution is 5.90. The molecule has 0 fully saturated rings. The van der Waals surface area contributed by atoms with Crippen molar-refractivity contribution in [1.82, 2.24) is 0 Å². The van der Waals surface area contributed by atoms with E-state index in [4.69, 9.17) is 0 Å². The van der Waals surface area contributed by atoms with Crippen LogP contribution in [0.15, 0.2) is 24.3 Å². The minimum Gasteiger partial charge on any atom is -0.326 e. The lowest BCUT2D eigenvalue weighted by Crippen LogP contribution is -2.10. The maximum atomic E-state index is 11.1. The summed E-state index contributed by atoms with van der Waals surface area (Å²) in [5.74, 6) is 0.0555. The van der Waals surface area contributed by atoms with Gasteiger partial charge in [-0.05, 0) is 12.5 Å². The van der Waals surface area contributed by atoms with Gasteiger partial charge in [-0.1, -0.05) is 25.1 Å². The maximum Gasteiger partial charge on any atom is 0.224 e. The lowest BCUT2D eigenvalue weighted by molar-refractivity contribution is -0.116. The van der Waals surface area contributed by atoms with E-state index < -0.39 is 0 Å². The van der Waals surface area contributed by atoms with E-state index in [-0.39, 0.29) is 5.91 Å². The number of hydrogen-bond acceptors (Lipinski definition) is 1. The molecule has 0 aliphatic rings. The smallest absolute Gasteiger partial charge is 0.224 e. The van der Waals surface area contributed by atoms with E-state index in [1.807, 2.05) is 25.1 Å². The van der Waals surface area contributed by atoms with Crippen LogP contribution in [0.4, 0.5) is 5.69 Å². The molecule has 1 rings (SSSR count). The normalized spacial score (nSPS) is 9.42. The molecule has 2 nitrogen and oxygen atoms in total. The molecule has 0 aliphatic carbocycles. The van der Waals surface area contributed by atoms with Crippen LogP contribution in [0.2, 0.25) is 0 Å². The molecule has 0 unspecified atom stereocenters. The van der Waals surface area contributed by atoms with Crippen molar-refractivity contribution in [3.8, 4) is 0 Å². The third-order valence-electron chi connectivity index (χ3n) is 1.46. The number of benzene rings is 1. The van der Waals surface area contributed by atoms with Crippen LogP contribution in [0.1, 0.15) is 19.8 Å². The third kappa shape index (κ3) is 2.74. The van der Waals surface area contributed by atoms with Crippen molar-refractivity contribution >= 4 is 11.6 Å². The molecule has 12 heavy (non-hydrogen) atoms. The van der Waals surface area contributed by atoms with Gasteiger partial charge in [0.2, 0.25) is 5.91 Å². The summed E-state index contributed by atoms with van der Waals surface area (Å²) in [5, 5.41) is 2.75. The van der Waals surface area contributed by atoms with E-state index in [2.05, 4.69) is 11.4 Å². The minimum absolute atomic E-state index is 0.0555. The quantitative estimate of drug-likeness (QED) is 0.725. The Morgan fingerprint density at radius 1 is 1.58 bits per heavy atom. The third-order valence-corrected chi connectivity index (χ3v) is 1.46. The van der Waals surface area contributed by atoms with E-state index >= 15 is 0 Å². The zero-order valence-corrected chi connectivity index (χ0v) is 7.13. The van der Waals surface area contributed by atoms with Gasteiger partial charge in [-0.2, -0.15) is 0 Å². The SMILES string of the molecule is CCCC(=O)Nc1[c]cccc1. The van der Waals surface area contributed by atoms with Gasteiger partial charge < -0.3 is 5.32 Å². The van der Waals surface area contributed by atoms with Crippen LogP contribution in [-0.2, 0) is 4.79 Å². The average Bonchev–Trinajstić information content (AvgIpc) is 2.06. The predicted molar refractivity (Wildman–Crippen MR) is 48.8 cm³/mol. The number of hydrogen-bond donors (Lipinski definition) is 1. The second-order valence-corrected chi connectivity index (χ2v) is 2.57. The van der Waals surface area contributed by atoms with Crippen molar-refractivity contribution in [2.45, 2.75) is 19.8 Å². The summed E-state index contributed by atoms with van der Waals surface area (Å²) in [6.45, 7) is 1.98. The molecule has 63 valence electrons. The van der Waals surface area contributed by atoms with Gasteiger partial charge in [0, 0.05) is 18.2 Å². The number of nitrogens with one attached hydrogen (secondary N) is 1. The van der Waals surface area contributed by atoms with Crippen LogP contribution in [-0.4, -0.2) is 5.91 Å². The molecular weight excluding hydrogens is 150 g/mol. The molecule has 0 aliphatic heterocycles. The van der Waals surface area contributed by atoms with Gasteiger partial charge >= 0.3 is 0 Å². The molecule has 0 bridgehead atoms. The average molecular weight is 162 g/mol. The highest BCUT2D eigenvalue weighted by Gasteiger charge is 1.98. The lowest BCUT2D eigenvalue weighted by atomic mass is 10.3.